The van der Waals surface area contributed by atoms with Gasteiger partial charge in [0.05, 0.1) is 37.1 Å². The fourth-order valence-electron chi connectivity index (χ4n) is 6.24. The Hall–Kier alpha value is -3.28. The van der Waals surface area contributed by atoms with Crippen LogP contribution in [0.1, 0.15) is 37.3 Å². The van der Waals surface area contributed by atoms with Gasteiger partial charge in [0.25, 0.3) is 0 Å². The summed E-state index contributed by atoms with van der Waals surface area (Å²) in [4.78, 5) is 35.9. The monoisotopic (exact) mass is 576 g/mol. The normalized spacial score (nSPS) is 22.8. The summed E-state index contributed by atoms with van der Waals surface area (Å²) in [6.07, 6.45) is 9.18. The van der Waals surface area contributed by atoms with E-state index in [1.54, 1.807) is 6.33 Å². The summed E-state index contributed by atoms with van der Waals surface area (Å²) in [6, 6.07) is 6.08. The third-order valence-electron chi connectivity index (χ3n) is 8.88. The maximum Gasteiger partial charge on any atom is 0.317 e. The molecule has 1 aromatic carbocycles. The molecule has 11 nitrogen and oxygen atoms in total. The van der Waals surface area contributed by atoms with E-state index in [2.05, 4.69) is 54.2 Å². The number of nitrogens with one attached hydrogen (secondary N) is 1. The highest BCUT2D eigenvalue weighted by Gasteiger charge is 2.27. The first kappa shape index (κ1) is 28.8. The molecule has 3 fully saturated rings. The van der Waals surface area contributed by atoms with Gasteiger partial charge in [-0.1, -0.05) is 0 Å². The minimum Gasteiger partial charge on any atom is -0.493 e. The van der Waals surface area contributed by atoms with Gasteiger partial charge in [-0.05, 0) is 50.9 Å². The maximum absolute atomic E-state index is 13.0. The number of hydrogen-bond acceptors (Lipinski definition) is 9. The molecule has 2 aromatic rings. The molecule has 1 N–H and O–H groups in total. The standard InChI is InChI=1S/C31H44N8O3/c1-36-12-14-37(15-13-36)9-2-18-42-26-4-5-27-28(21-26)33-23-34-30(27)24-7-10-39(11-8-24)31(40)35-25-3-6-29(32-22-25)38-16-19-41-20-17-38/h4-6,21-25H,2-3,7-20H2,1H3,(H,35,40). The first-order valence-electron chi connectivity index (χ1n) is 15.5. The van der Waals surface area contributed by atoms with Crippen LogP contribution in [0.2, 0.25) is 0 Å². The van der Waals surface area contributed by atoms with Crippen molar-refractivity contribution in [3.05, 3.63) is 42.1 Å². The molecule has 42 heavy (non-hydrogen) atoms. The molecule has 6 rings (SSSR count). The quantitative estimate of drug-likeness (QED) is 0.479. The number of morpholine rings is 1. The largest absolute Gasteiger partial charge is 0.493 e. The van der Waals surface area contributed by atoms with Gasteiger partial charge in [-0.3, -0.25) is 0 Å². The molecule has 0 saturated carbocycles. The molecule has 4 aliphatic rings. The third-order valence-corrected chi connectivity index (χ3v) is 8.88. The molecule has 11 heteroatoms. The Morgan fingerprint density at radius 3 is 2.62 bits per heavy atom. The topological polar surface area (TPSA) is 98.7 Å². The van der Waals surface area contributed by atoms with Crippen LogP contribution in [0.25, 0.3) is 10.9 Å². The van der Waals surface area contributed by atoms with Gasteiger partial charge in [-0.2, -0.15) is 0 Å². The number of carbonyl (C=O) groups is 1. The number of piperazine rings is 1. The predicted octanol–water partition coefficient (Wildman–Crippen LogP) is 2.55. The van der Waals surface area contributed by atoms with Crippen LogP contribution >= 0.6 is 0 Å². The molecule has 226 valence electrons. The molecule has 5 heterocycles. The van der Waals surface area contributed by atoms with Crippen LogP contribution in [0.5, 0.6) is 5.75 Å². The van der Waals surface area contributed by atoms with E-state index in [-0.39, 0.29) is 12.1 Å². The van der Waals surface area contributed by atoms with E-state index in [1.807, 2.05) is 23.2 Å². The minimum absolute atomic E-state index is 0.0184. The Morgan fingerprint density at radius 1 is 1.05 bits per heavy atom. The number of fused-ring (bicyclic) bond motifs is 1. The predicted molar refractivity (Wildman–Crippen MR) is 163 cm³/mol. The van der Waals surface area contributed by atoms with E-state index in [4.69, 9.17) is 9.47 Å². The maximum atomic E-state index is 13.0. The number of nitrogens with zero attached hydrogens (tertiary/aromatic N) is 7. The number of likely N-dealkylation sites (N-methyl/N-ethyl adjacent to an activating group) is 1. The molecule has 1 atom stereocenters. The highest BCUT2D eigenvalue weighted by atomic mass is 16.5. The van der Waals surface area contributed by atoms with Crippen molar-refractivity contribution >= 4 is 23.1 Å². The molecule has 2 amide bonds. The van der Waals surface area contributed by atoms with E-state index in [9.17, 15) is 4.79 Å². The number of aromatic nitrogens is 2. The molecule has 4 aliphatic heterocycles. The lowest BCUT2D eigenvalue weighted by atomic mass is 9.91. The zero-order valence-electron chi connectivity index (χ0n) is 24.8. The summed E-state index contributed by atoms with van der Waals surface area (Å²) in [7, 11) is 2.19. The number of urea groups is 1. The van der Waals surface area contributed by atoms with Crippen molar-refractivity contribution in [2.75, 3.05) is 85.8 Å². The number of likely N-dealkylation sites (tertiary alicyclic amines) is 1. The van der Waals surface area contributed by atoms with Gasteiger partial charge in [0.1, 0.15) is 17.9 Å². The first-order valence-corrected chi connectivity index (χ1v) is 15.5. The number of benzene rings is 1. The van der Waals surface area contributed by atoms with Crippen LogP contribution in [0, 0.1) is 0 Å². The van der Waals surface area contributed by atoms with Crippen molar-refractivity contribution in [2.24, 2.45) is 4.99 Å². The van der Waals surface area contributed by atoms with Crippen molar-refractivity contribution in [3.63, 3.8) is 0 Å². The minimum atomic E-state index is -0.0750. The zero-order chi connectivity index (χ0) is 28.7. The van der Waals surface area contributed by atoms with Gasteiger partial charge in [-0.25, -0.2) is 19.8 Å². The average Bonchev–Trinajstić information content (AvgIpc) is 3.04. The highest BCUT2D eigenvalue weighted by molar-refractivity contribution is 5.83. The summed E-state index contributed by atoms with van der Waals surface area (Å²) in [5, 5.41) is 4.22. The van der Waals surface area contributed by atoms with Crippen LogP contribution in [0.4, 0.5) is 4.79 Å². The molecule has 0 aliphatic carbocycles. The molecule has 0 bridgehead atoms. The Kier molecular flexibility index (Phi) is 9.47. The SMILES string of the molecule is CN1CCN(CCCOc2ccc3c(C4CCN(C(=O)NC5C=NC(N6CCOCC6)=CC5)CC4)ncnc3c2)CC1. The summed E-state index contributed by atoms with van der Waals surface area (Å²) in [5.41, 5.74) is 1.99. The fraction of sp³-hybridized carbons (Fsp3) is 0.613. The summed E-state index contributed by atoms with van der Waals surface area (Å²) >= 11 is 0. The van der Waals surface area contributed by atoms with Crippen LogP contribution < -0.4 is 10.1 Å². The second-order valence-corrected chi connectivity index (χ2v) is 11.8. The number of piperidine rings is 1. The van der Waals surface area contributed by atoms with Crippen LogP contribution in [-0.2, 0) is 4.74 Å². The fourth-order valence-corrected chi connectivity index (χ4v) is 6.24. The Balaban J connectivity index is 0.963. The Morgan fingerprint density at radius 2 is 1.86 bits per heavy atom. The van der Waals surface area contributed by atoms with E-state index >= 15 is 0 Å². The highest BCUT2D eigenvalue weighted by Crippen LogP contribution is 2.32. The van der Waals surface area contributed by atoms with Crippen LogP contribution in [-0.4, -0.2) is 134 Å². The smallest absolute Gasteiger partial charge is 0.317 e. The van der Waals surface area contributed by atoms with E-state index in [1.165, 1.54) is 0 Å². The number of hydrogen-bond donors (Lipinski definition) is 1. The van der Waals surface area contributed by atoms with Crippen LogP contribution in [0.3, 0.4) is 0 Å². The van der Waals surface area contributed by atoms with Gasteiger partial charge in [0, 0.05) is 82.5 Å². The number of rotatable bonds is 8. The number of aliphatic imine (C=N–C) groups is 1. The lowest BCUT2D eigenvalue weighted by molar-refractivity contribution is 0.0528. The van der Waals surface area contributed by atoms with Gasteiger partial charge in [-0.15, -0.1) is 0 Å². The lowest BCUT2D eigenvalue weighted by Gasteiger charge is -2.33. The van der Waals surface area contributed by atoms with E-state index < -0.39 is 0 Å². The Bertz CT molecular complexity index is 1260. The van der Waals surface area contributed by atoms with Gasteiger partial charge >= 0.3 is 6.03 Å². The average molecular weight is 577 g/mol. The van der Waals surface area contributed by atoms with E-state index in [0.717, 1.165) is 113 Å². The molecule has 1 aromatic heterocycles. The Labute approximate surface area is 248 Å². The third kappa shape index (κ3) is 7.19. The molecule has 0 spiro atoms. The van der Waals surface area contributed by atoms with Gasteiger partial charge < -0.3 is 34.4 Å². The van der Waals surface area contributed by atoms with Crippen molar-refractivity contribution in [2.45, 2.75) is 37.6 Å². The van der Waals surface area contributed by atoms with Gasteiger partial charge in [0.15, 0.2) is 0 Å². The molecule has 1 unspecified atom stereocenters. The van der Waals surface area contributed by atoms with Crippen molar-refractivity contribution in [3.8, 4) is 5.75 Å². The van der Waals surface area contributed by atoms with Crippen LogP contribution in [0.15, 0.2) is 41.4 Å². The van der Waals surface area contributed by atoms with E-state index in [0.29, 0.717) is 25.6 Å². The van der Waals surface area contributed by atoms with Crippen molar-refractivity contribution in [1.29, 1.82) is 0 Å². The first-order chi connectivity index (χ1) is 20.6. The molecule has 3 saturated heterocycles. The summed E-state index contributed by atoms with van der Waals surface area (Å²) in [6.45, 7) is 10.9. The summed E-state index contributed by atoms with van der Waals surface area (Å²) < 4.78 is 11.5. The molecule has 0 radical (unpaired) electrons. The number of amides is 2. The number of ether oxygens (including phenoxy) is 2. The van der Waals surface area contributed by atoms with Crippen molar-refractivity contribution in [1.82, 2.24) is 34.9 Å². The zero-order valence-corrected chi connectivity index (χ0v) is 24.8. The second kappa shape index (κ2) is 13.8. The molecular formula is C31H44N8O3. The lowest BCUT2D eigenvalue weighted by Crippen LogP contribution is -2.48. The number of carbonyl (C=O) groups excluding carboxylic acids is 1. The van der Waals surface area contributed by atoms with Gasteiger partial charge in [0.2, 0.25) is 0 Å². The second-order valence-electron chi connectivity index (χ2n) is 11.8. The summed E-state index contributed by atoms with van der Waals surface area (Å²) in [5.74, 6) is 2.14. The van der Waals surface area contributed by atoms with Crippen molar-refractivity contribution < 1.29 is 14.3 Å². The molecular weight excluding hydrogens is 532 g/mol.